The largest absolute Gasteiger partial charge is 0.505 e. The summed E-state index contributed by atoms with van der Waals surface area (Å²) in [5.74, 6) is 2.38. The molecule has 5 nitrogen and oxygen atoms in total. The van der Waals surface area contributed by atoms with Gasteiger partial charge in [0.15, 0.2) is 11.3 Å². The van der Waals surface area contributed by atoms with E-state index in [1.54, 1.807) is 24.0 Å². The molecule has 0 saturated heterocycles. The molecule has 0 aliphatic heterocycles. The highest BCUT2D eigenvalue weighted by molar-refractivity contribution is 5.89. The summed E-state index contributed by atoms with van der Waals surface area (Å²) in [6.07, 6.45) is 7.06. The molecule has 3 rings (SSSR count). The Bertz CT molecular complexity index is 974. The highest BCUT2D eigenvalue weighted by Gasteiger charge is 2.20. The fourth-order valence-corrected chi connectivity index (χ4v) is 2.65. The van der Waals surface area contributed by atoms with Crippen molar-refractivity contribution in [1.29, 1.82) is 0 Å². The van der Waals surface area contributed by atoms with Crippen molar-refractivity contribution in [2.24, 2.45) is 7.05 Å². The van der Waals surface area contributed by atoms with Crippen LogP contribution < -0.4 is 5.56 Å². The van der Waals surface area contributed by atoms with Crippen molar-refractivity contribution in [2.75, 3.05) is 0 Å². The lowest BCUT2D eigenvalue weighted by Gasteiger charge is -2.11. The molecule has 1 aromatic carbocycles. The lowest BCUT2D eigenvalue weighted by molar-refractivity contribution is 0.479. The molecule has 0 aliphatic rings. The number of aryl methyl sites for hydroxylation is 2. The summed E-state index contributed by atoms with van der Waals surface area (Å²) >= 11 is 0. The Morgan fingerprint density at radius 2 is 2.09 bits per heavy atom. The van der Waals surface area contributed by atoms with Crippen molar-refractivity contribution in [2.45, 2.75) is 13.5 Å². The van der Waals surface area contributed by atoms with Gasteiger partial charge in [0.05, 0.1) is 17.6 Å². The van der Waals surface area contributed by atoms with Gasteiger partial charge in [0.25, 0.3) is 5.56 Å². The minimum Gasteiger partial charge on any atom is -0.505 e. The molecule has 0 unspecified atom stereocenters. The number of hydrogen-bond acceptors (Lipinski definition) is 3. The van der Waals surface area contributed by atoms with E-state index >= 15 is 0 Å². The van der Waals surface area contributed by atoms with Crippen LogP contribution in [0.2, 0.25) is 0 Å². The topological polar surface area (TPSA) is 60.1 Å². The van der Waals surface area contributed by atoms with E-state index in [4.69, 9.17) is 6.42 Å². The van der Waals surface area contributed by atoms with E-state index in [1.807, 2.05) is 25.1 Å². The van der Waals surface area contributed by atoms with Crippen molar-refractivity contribution in [3.05, 3.63) is 46.4 Å². The van der Waals surface area contributed by atoms with Gasteiger partial charge in [-0.05, 0) is 18.1 Å². The molecule has 0 radical (unpaired) electrons. The molecule has 5 heteroatoms. The molecule has 2 heterocycles. The molecule has 1 N–H and O–H groups in total. The molecule has 2 aromatic heterocycles. The highest BCUT2D eigenvalue weighted by atomic mass is 16.3. The van der Waals surface area contributed by atoms with Crippen molar-refractivity contribution in [3.8, 4) is 29.2 Å². The van der Waals surface area contributed by atoms with Crippen LogP contribution in [0.3, 0.4) is 0 Å². The second kappa shape index (κ2) is 5.08. The molecule has 0 fully saturated rings. The first kappa shape index (κ1) is 14.0. The number of rotatable bonds is 2. The second-order valence-electron chi connectivity index (χ2n) is 5.17. The lowest BCUT2D eigenvalue weighted by atomic mass is 10.0. The number of hydrogen-bond donors (Lipinski definition) is 1. The fraction of sp³-hybridized carbons (Fsp3) is 0.176. The zero-order valence-corrected chi connectivity index (χ0v) is 12.4. The van der Waals surface area contributed by atoms with E-state index in [-0.39, 0.29) is 23.4 Å². The van der Waals surface area contributed by atoms with Crippen LogP contribution in [0.25, 0.3) is 22.2 Å². The van der Waals surface area contributed by atoms with Gasteiger partial charge in [0.1, 0.15) is 0 Å². The minimum atomic E-state index is -0.315. The summed E-state index contributed by atoms with van der Waals surface area (Å²) < 4.78 is 3.02. The van der Waals surface area contributed by atoms with Gasteiger partial charge in [-0.15, -0.1) is 6.42 Å². The third-order valence-corrected chi connectivity index (χ3v) is 3.68. The monoisotopic (exact) mass is 293 g/mol. The van der Waals surface area contributed by atoms with Crippen LogP contribution in [0.5, 0.6) is 5.75 Å². The third kappa shape index (κ3) is 1.97. The standard InChI is InChI=1S/C17H15N3O2/c1-4-9-20-13-10-19(3)18-15(13)16(21)14(17(20)22)12-8-6-5-7-11(12)2/h1,5-8,10,21H,9H2,2-3H3. The Morgan fingerprint density at radius 3 is 2.77 bits per heavy atom. The zero-order valence-electron chi connectivity index (χ0n) is 12.4. The maximum atomic E-state index is 12.8. The maximum absolute atomic E-state index is 12.8. The van der Waals surface area contributed by atoms with Gasteiger partial charge in [0, 0.05) is 13.2 Å². The van der Waals surface area contributed by atoms with E-state index in [1.165, 1.54) is 4.57 Å². The predicted molar refractivity (Wildman–Crippen MR) is 85.6 cm³/mol. The Labute approximate surface area is 127 Å². The van der Waals surface area contributed by atoms with E-state index < -0.39 is 0 Å². The first-order valence-corrected chi connectivity index (χ1v) is 6.83. The van der Waals surface area contributed by atoms with Crippen molar-refractivity contribution < 1.29 is 5.11 Å². The lowest BCUT2D eigenvalue weighted by Crippen LogP contribution is -2.22. The number of nitrogens with zero attached hydrogens (tertiary/aromatic N) is 3. The van der Waals surface area contributed by atoms with Crippen LogP contribution in [-0.4, -0.2) is 19.5 Å². The molecular formula is C17H15N3O2. The Morgan fingerprint density at radius 1 is 1.36 bits per heavy atom. The fourth-order valence-electron chi connectivity index (χ4n) is 2.65. The molecule has 22 heavy (non-hydrogen) atoms. The number of terminal acetylenes is 1. The molecule has 0 spiro atoms. The van der Waals surface area contributed by atoms with Crippen LogP contribution in [0.15, 0.2) is 35.3 Å². The molecular weight excluding hydrogens is 278 g/mol. The molecule has 0 amide bonds. The quantitative estimate of drug-likeness (QED) is 0.736. The smallest absolute Gasteiger partial charge is 0.263 e. The molecule has 0 aliphatic carbocycles. The first-order valence-electron chi connectivity index (χ1n) is 6.83. The molecule has 0 bridgehead atoms. The summed E-state index contributed by atoms with van der Waals surface area (Å²) in [6.45, 7) is 2.02. The average molecular weight is 293 g/mol. The summed E-state index contributed by atoms with van der Waals surface area (Å²) in [7, 11) is 1.73. The van der Waals surface area contributed by atoms with E-state index in [0.717, 1.165) is 5.56 Å². The number of aromatic hydroxyl groups is 1. The van der Waals surface area contributed by atoms with Gasteiger partial charge in [-0.2, -0.15) is 5.10 Å². The van der Waals surface area contributed by atoms with E-state index in [9.17, 15) is 9.90 Å². The molecule has 3 aromatic rings. The van der Waals surface area contributed by atoms with Crippen molar-refractivity contribution in [1.82, 2.24) is 14.3 Å². The average Bonchev–Trinajstić information content (AvgIpc) is 2.87. The highest BCUT2D eigenvalue weighted by Crippen LogP contribution is 2.33. The van der Waals surface area contributed by atoms with Crippen LogP contribution in [0, 0.1) is 19.3 Å². The summed E-state index contributed by atoms with van der Waals surface area (Å²) in [5.41, 5.74) is 2.40. The van der Waals surface area contributed by atoms with Gasteiger partial charge in [-0.25, -0.2) is 0 Å². The van der Waals surface area contributed by atoms with Crippen molar-refractivity contribution >= 4 is 11.0 Å². The Kier molecular flexibility index (Phi) is 3.22. The minimum absolute atomic E-state index is 0.108. The van der Waals surface area contributed by atoms with Crippen LogP contribution >= 0.6 is 0 Å². The van der Waals surface area contributed by atoms with Gasteiger partial charge >= 0.3 is 0 Å². The Balaban J connectivity index is 2.49. The molecule has 110 valence electrons. The van der Waals surface area contributed by atoms with Gasteiger partial charge in [-0.3, -0.25) is 14.0 Å². The SMILES string of the molecule is C#CCn1c(=O)c(-c2ccccc2C)c(O)c2nn(C)cc21. The number of aromatic nitrogens is 3. The second-order valence-corrected chi connectivity index (χ2v) is 5.17. The van der Waals surface area contributed by atoms with Crippen LogP contribution in [0.4, 0.5) is 0 Å². The summed E-state index contributed by atoms with van der Waals surface area (Å²) in [5, 5.41) is 14.8. The van der Waals surface area contributed by atoms with Crippen LogP contribution in [-0.2, 0) is 13.6 Å². The third-order valence-electron chi connectivity index (χ3n) is 3.68. The van der Waals surface area contributed by atoms with E-state index in [2.05, 4.69) is 11.0 Å². The normalized spacial score (nSPS) is 10.8. The number of fused-ring (bicyclic) bond motifs is 1. The van der Waals surface area contributed by atoms with Crippen LogP contribution in [0.1, 0.15) is 5.56 Å². The summed E-state index contributed by atoms with van der Waals surface area (Å²) in [4.78, 5) is 12.8. The van der Waals surface area contributed by atoms with Gasteiger partial charge in [-0.1, -0.05) is 30.2 Å². The number of benzene rings is 1. The zero-order chi connectivity index (χ0) is 15.9. The predicted octanol–water partition coefficient (Wildman–Crippen LogP) is 2.05. The maximum Gasteiger partial charge on any atom is 0.263 e. The van der Waals surface area contributed by atoms with Gasteiger partial charge < -0.3 is 5.11 Å². The van der Waals surface area contributed by atoms with E-state index in [0.29, 0.717) is 16.6 Å². The molecule has 0 saturated carbocycles. The number of pyridine rings is 1. The first-order chi connectivity index (χ1) is 10.5. The Hall–Kier alpha value is -3.00. The molecule has 0 atom stereocenters. The summed E-state index contributed by atoms with van der Waals surface area (Å²) in [6, 6.07) is 7.41. The van der Waals surface area contributed by atoms with Crippen molar-refractivity contribution in [3.63, 3.8) is 0 Å². The van der Waals surface area contributed by atoms with Gasteiger partial charge in [0.2, 0.25) is 0 Å².